The van der Waals surface area contributed by atoms with Crippen molar-refractivity contribution in [1.29, 1.82) is 0 Å². The number of hydrogen-bond donors (Lipinski definition) is 1. The minimum atomic E-state index is 0.593. The van der Waals surface area contributed by atoms with E-state index in [1.807, 2.05) is 11.3 Å². The number of aryl methyl sites for hydroxylation is 1. The molecule has 0 radical (unpaired) electrons. The Hall–Kier alpha value is -0.410. The van der Waals surface area contributed by atoms with Crippen LogP contribution in [0.4, 0.5) is 0 Å². The Bertz CT molecular complexity index is 425. The maximum absolute atomic E-state index is 4.70. The highest BCUT2D eigenvalue weighted by Crippen LogP contribution is 2.39. The van der Waals surface area contributed by atoms with Gasteiger partial charge in [-0.1, -0.05) is 27.7 Å². The van der Waals surface area contributed by atoms with Gasteiger partial charge in [0.2, 0.25) is 0 Å². The highest BCUT2D eigenvalue weighted by Gasteiger charge is 2.32. The van der Waals surface area contributed by atoms with Crippen LogP contribution in [0.15, 0.2) is 5.38 Å². The number of thiazole rings is 1. The van der Waals surface area contributed by atoms with Crippen molar-refractivity contribution in [2.24, 2.45) is 23.7 Å². The summed E-state index contributed by atoms with van der Waals surface area (Å²) in [5.74, 6) is 3.37. The topological polar surface area (TPSA) is 24.9 Å². The van der Waals surface area contributed by atoms with E-state index in [1.54, 1.807) is 0 Å². The molecule has 0 bridgehead atoms. The average molecular weight is 309 g/mol. The van der Waals surface area contributed by atoms with Crippen LogP contribution in [-0.4, -0.2) is 17.6 Å². The Morgan fingerprint density at radius 3 is 2.57 bits per heavy atom. The number of hydrogen-bond acceptors (Lipinski definition) is 3. The zero-order chi connectivity index (χ0) is 15.4. The second-order valence-corrected chi connectivity index (χ2v) is 8.43. The zero-order valence-corrected chi connectivity index (χ0v) is 15.2. The molecule has 0 aliphatic heterocycles. The predicted molar refractivity (Wildman–Crippen MR) is 92.9 cm³/mol. The van der Waals surface area contributed by atoms with Gasteiger partial charge in [-0.25, -0.2) is 4.98 Å². The van der Waals surface area contributed by atoms with Gasteiger partial charge in [-0.05, 0) is 56.4 Å². The Kier molecular flexibility index (Phi) is 6.24. The third-order valence-corrected chi connectivity index (χ3v) is 6.00. The Morgan fingerprint density at radius 1 is 1.24 bits per heavy atom. The van der Waals surface area contributed by atoms with Crippen molar-refractivity contribution >= 4 is 11.3 Å². The van der Waals surface area contributed by atoms with Crippen molar-refractivity contribution in [3.63, 3.8) is 0 Å². The van der Waals surface area contributed by atoms with Gasteiger partial charge in [-0.15, -0.1) is 11.3 Å². The molecule has 1 aliphatic carbocycles. The van der Waals surface area contributed by atoms with E-state index >= 15 is 0 Å². The summed E-state index contributed by atoms with van der Waals surface area (Å²) in [5.41, 5.74) is 1.18. The lowest BCUT2D eigenvalue weighted by molar-refractivity contribution is 0.143. The molecule has 0 spiro atoms. The molecule has 1 saturated carbocycles. The normalized spacial score (nSPS) is 26.7. The molecule has 0 amide bonds. The fourth-order valence-electron chi connectivity index (χ4n) is 3.60. The van der Waals surface area contributed by atoms with Crippen molar-refractivity contribution in [3.8, 4) is 0 Å². The first-order valence-corrected chi connectivity index (χ1v) is 9.48. The second-order valence-electron chi connectivity index (χ2n) is 7.49. The molecule has 1 heterocycles. The molecule has 1 N–H and O–H groups in total. The quantitative estimate of drug-likeness (QED) is 0.825. The minimum Gasteiger partial charge on any atom is -0.314 e. The first-order valence-electron chi connectivity index (χ1n) is 8.60. The molecule has 120 valence electrons. The summed E-state index contributed by atoms with van der Waals surface area (Å²) < 4.78 is 0. The third-order valence-electron chi connectivity index (χ3n) is 5.01. The van der Waals surface area contributed by atoms with E-state index in [-0.39, 0.29) is 0 Å². The average Bonchev–Trinajstić information content (AvgIpc) is 2.82. The van der Waals surface area contributed by atoms with Crippen molar-refractivity contribution in [1.82, 2.24) is 10.3 Å². The standard InChI is InChI=1S/C18H32N2S/c1-12(2)15-6-7-16(10-19-13(3)4)17(8-15)9-18-20-14(5)11-21-18/h11-13,15-17,19H,6-10H2,1-5H3. The molecule has 0 aromatic carbocycles. The van der Waals surface area contributed by atoms with Crippen molar-refractivity contribution in [3.05, 3.63) is 16.1 Å². The molecule has 3 unspecified atom stereocenters. The van der Waals surface area contributed by atoms with E-state index in [0.29, 0.717) is 6.04 Å². The van der Waals surface area contributed by atoms with Crippen LogP contribution in [0.25, 0.3) is 0 Å². The van der Waals surface area contributed by atoms with Gasteiger partial charge in [0.15, 0.2) is 0 Å². The van der Waals surface area contributed by atoms with Crippen LogP contribution in [-0.2, 0) is 6.42 Å². The Labute approximate surface area is 134 Å². The largest absolute Gasteiger partial charge is 0.314 e. The molecule has 1 aromatic heterocycles. The highest BCUT2D eigenvalue weighted by molar-refractivity contribution is 7.09. The van der Waals surface area contributed by atoms with Crippen molar-refractivity contribution < 1.29 is 0 Å². The van der Waals surface area contributed by atoms with Gasteiger partial charge < -0.3 is 5.32 Å². The van der Waals surface area contributed by atoms with E-state index in [1.165, 1.54) is 42.9 Å². The van der Waals surface area contributed by atoms with Gasteiger partial charge in [0, 0.05) is 23.5 Å². The van der Waals surface area contributed by atoms with Gasteiger partial charge in [0.1, 0.15) is 0 Å². The molecular formula is C18H32N2S. The first kappa shape index (κ1) is 17.0. The molecular weight excluding hydrogens is 276 g/mol. The molecule has 1 aromatic rings. The molecule has 1 aliphatic rings. The second kappa shape index (κ2) is 7.73. The van der Waals surface area contributed by atoms with E-state index in [2.05, 4.69) is 45.3 Å². The summed E-state index contributed by atoms with van der Waals surface area (Å²) in [5, 5.41) is 7.20. The molecule has 2 nitrogen and oxygen atoms in total. The Morgan fingerprint density at radius 2 is 2.00 bits per heavy atom. The lowest BCUT2D eigenvalue weighted by Crippen LogP contribution is -2.37. The smallest absolute Gasteiger partial charge is 0.0930 e. The van der Waals surface area contributed by atoms with Gasteiger partial charge in [0.25, 0.3) is 0 Å². The van der Waals surface area contributed by atoms with Crippen LogP contribution in [0.5, 0.6) is 0 Å². The highest BCUT2D eigenvalue weighted by atomic mass is 32.1. The van der Waals surface area contributed by atoms with Crippen LogP contribution in [0.1, 0.15) is 57.7 Å². The van der Waals surface area contributed by atoms with Gasteiger partial charge in [-0.3, -0.25) is 0 Å². The van der Waals surface area contributed by atoms with Crippen LogP contribution in [0.2, 0.25) is 0 Å². The molecule has 21 heavy (non-hydrogen) atoms. The van der Waals surface area contributed by atoms with E-state index < -0.39 is 0 Å². The molecule has 1 fully saturated rings. The summed E-state index contributed by atoms with van der Waals surface area (Å²) >= 11 is 1.85. The molecule has 3 heteroatoms. The van der Waals surface area contributed by atoms with Crippen LogP contribution < -0.4 is 5.32 Å². The minimum absolute atomic E-state index is 0.593. The summed E-state index contributed by atoms with van der Waals surface area (Å²) in [7, 11) is 0. The molecule has 0 saturated heterocycles. The lowest BCUT2D eigenvalue weighted by atomic mass is 9.69. The monoisotopic (exact) mass is 308 g/mol. The van der Waals surface area contributed by atoms with E-state index in [0.717, 1.165) is 23.7 Å². The third kappa shape index (κ3) is 5.07. The zero-order valence-electron chi connectivity index (χ0n) is 14.4. The van der Waals surface area contributed by atoms with Crippen LogP contribution in [0, 0.1) is 30.6 Å². The number of rotatable bonds is 6. The summed E-state index contributed by atoms with van der Waals surface area (Å²) in [6, 6.07) is 0.593. The predicted octanol–water partition coefficient (Wildman–Crippen LogP) is 4.68. The van der Waals surface area contributed by atoms with Gasteiger partial charge in [0.05, 0.1) is 5.01 Å². The van der Waals surface area contributed by atoms with E-state index in [4.69, 9.17) is 4.98 Å². The summed E-state index contributed by atoms with van der Waals surface area (Å²) in [6.45, 7) is 12.6. The number of aromatic nitrogens is 1. The van der Waals surface area contributed by atoms with Crippen LogP contribution >= 0.6 is 11.3 Å². The maximum Gasteiger partial charge on any atom is 0.0930 e. The van der Waals surface area contributed by atoms with Crippen molar-refractivity contribution in [2.75, 3.05) is 6.54 Å². The SMILES string of the molecule is Cc1csc(CC2CC(C(C)C)CCC2CNC(C)C)n1. The van der Waals surface area contributed by atoms with Crippen molar-refractivity contribution in [2.45, 2.75) is 66.3 Å². The number of nitrogens with one attached hydrogen (secondary N) is 1. The summed E-state index contributed by atoms with van der Waals surface area (Å²) in [4.78, 5) is 4.70. The molecule has 2 rings (SSSR count). The lowest BCUT2D eigenvalue weighted by Gasteiger charge is -2.38. The summed E-state index contributed by atoms with van der Waals surface area (Å²) in [6.07, 6.45) is 5.38. The molecule has 3 atom stereocenters. The number of nitrogens with zero attached hydrogens (tertiary/aromatic N) is 1. The van der Waals surface area contributed by atoms with Crippen LogP contribution in [0.3, 0.4) is 0 Å². The first-order chi connectivity index (χ1) is 9.95. The maximum atomic E-state index is 4.70. The van der Waals surface area contributed by atoms with Gasteiger partial charge >= 0.3 is 0 Å². The fraction of sp³-hybridized carbons (Fsp3) is 0.833. The Balaban J connectivity index is 2.00. The van der Waals surface area contributed by atoms with Gasteiger partial charge in [-0.2, -0.15) is 0 Å². The fourth-order valence-corrected chi connectivity index (χ4v) is 4.46. The van der Waals surface area contributed by atoms with E-state index in [9.17, 15) is 0 Å².